The Morgan fingerprint density at radius 1 is 1.18 bits per heavy atom. The molecule has 1 heterocycles. The monoisotopic (exact) mass is 300 g/mol. The van der Waals surface area contributed by atoms with Crippen LogP contribution in [0.15, 0.2) is 48.7 Å². The SMILES string of the molecule is CC(C)N(Cc1cccn1C)C(=O)COCc1ccccc1. The second kappa shape index (κ2) is 7.80. The minimum atomic E-state index is 0.0205. The van der Waals surface area contributed by atoms with E-state index in [-0.39, 0.29) is 18.6 Å². The van der Waals surface area contributed by atoms with Crippen molar-refractivity contribution in [2.24, 2.45) is 7.05 Å². The molecule has 0 radical (unpaired) electrons. The molecule has 0 unspecified atom stereocenters. The molecular formula is C18H24N2O2. The molecule has 2 aromatic rings. The third kappa shape index (κ3) is 4.46. The van der Waals surface area contributed by atoms with Gasteiger partial charge in [-0.05, 0) is 31.5 Å². The number of rotatable bonds is 7. The molecule has 22 heavy (non-hydrogen) atoms. The molecule has 1 aromatic heterocycles. The molecule has 0 saturated carbocycles. The van der Waals surface area contributed by atoms with Gasteiger partial charge in [-0.25, -0.2) is 0 Å². The maximum atomic E-state index is 12.4. The lowest BCUT2D eigenvalue weighted by Crippen LogP contribution is -2.39. The first-order chi connectivity index (χ1) is 10.6. The average Bonchev–Trinajstić information content (AvgIpc) is 2.90. The molecular weight excluding hydrogens is 276 g/mol. The molecule has 0 bridgehead atoms. The second-order valence-electron chi connectivity index (χ2n) is 5.70. The van der Waals surface area contributed by atoms with Gasteiger partial charge in [0.2, 0.25) is 5.91 Å². The zero-order valence-corrected chi connectivity index (χ0v) is 13.5. The van der Waals surface area contributed by atoms with Crippen LogP contribution in [0.1, 0.15) is 25.1 Å². The van der Waals surface area contributed by atoms with Gasteiger partial charge in [0.05, 0.1) is 13.2 Å². The van der Waals surface area contributed by atoms with E-state index in [1.807, 2.05) is 79.0 Å². The summed E-state index contributed by atoms with van der Waals surface area (Å²) < 4.78 is 7.60. The van der Waals surface area contributed by atoms with E-state index in [2.05, 4.69) is 0 Å². The van der Waals surface area contributed by atoms with Crippen molar-refractivity contribution >= 4 is 5.91 Å². The highest BCUT2D eigenvalue weighted by Crippen LogP contribution is 2.10. The van der Waals surface area contributed by atoms with Crippen molar-refractivity contribution in [1.29, 1.82) is 0 Å². The summed E-state index contributed by atoms with van der Waals surface area (Å²) in [7, 11) is 1.99. The van der Waals surface area contributed by atoms with Crippen molar-refractivity contribution in [1.82, 2.24) is 9.47 Å². The molecule has 0 saturated heterocycles. The number of amides is 1. The van der Waals surface area contributed by atoms with Crippen LogP contribution in [-0.2, 0) is 29.7 Å². The lowest BCUT2D eigenvalue weighted by Gasteiger charge is -2.27. The average molecular weight is 300 g/mol. The zero-order valence-electron chi connectivity index (χ0n) is 13.5. The number of aryl methyl sites for hydroxylation is 1. The standard InChI is InChI=1S/C18H24N2O2/c1-15(2)20(12-17-10-7-11-19(17)3)18(21)14-22-13-16-8-5-4-6-9-16/h4-11,15H,12-14H2,1-3H3. The van der Waals surface area contributed by atoms with Crippen molar-refractivity contribution in [2.45, 2.75) is 33.0 Å². The molecule has 0 fully saturated rings. The lowest BCUT2D eigenvalue weighted by atomic mass is 10.2. The number of aromatic nitrogens is 1. The van der Waals surface area contributed by atoms with E-state index in [9.17, 15) is 4.79 Å². The van der Waals surface area contributed by atoms with Crippen LogP contribution >= 0.6 is 0 Å². The first-order valence-electron chi connectivity index (χ1n) is 7.59. The number of benzene rings is 1. The molecule has 2 rings (SSSR count). The van der Waals surface area contributed by atoms with Crippen LogP contribution in [0.3, 0.4) is 0 Å². The zero-order chi connectivity index (χ0) is 15.9. The molecule has 0 N–H and O–H groups in total. The predicted molar refractivity (Wildman–Crippen MR) is 87.2 cm³/mol. The minimum Gasteiger partial charge on any atom is -0.367 e. The fraction of sp³-hybridized carbons (Fsp3) is 0.389. The fourth-order valence-electron chi connectivity index (χ4n) is 2.31. The van der Waals surface area contributed by atoms with Crippen LogP contribution in [-0.4, -0.2) is 28.0 Å². The van der Waals surface area contributed by atoms with Crippen LogP contribution in [0, 0.1) is 0 Å². The molecule has 4 nitrogen and oxygen atoms in total. The molecule has 0 spiro atoms. The Kier molecular flexibility index (Phi) is 5.78. The Bertz CT molecular complexity index is 590. The highest BCUT2D eigenvalue weighted by atomic mass is 16.5. The van der Waals surface area contributed by atoms with Crippen LogP contribution < -0.4 is 0 Å². The van der Waals surface area contributed by atoms with E-state index in [1.54, 1.807) is 0 Å². The lowest BCUT2D eigenvalue weighted by molar-refractivity contribution is -0.139. The van der Waals surface area contributed by atoms with Gasteiger partial charge in [-0.1, -0.05) is 30.3 Å². The number of hydrogen-bond donors (Lipinski definition) is 0. The minimum absolute atomic E-state index is 0.0205. The Morgan fingerprint density at radius 2 is 1.91 bits per heavy atom. The summed E-state index contributed by atoms with van der Waals surface area (Å²) in [6.07, 6.45) is 1.99. The van der Waals surface area contributed by atoms with Crippen molar-refractivity contribution in [3.8, 4) is 0 Å². The smallest absolute Gasteiger partial charge is 0.249 e. The third-order valence-electron chi connectivity index (χ3n) is 3.66. The van der Waals surface area contributed by atoms with E-state index in [0.29, 0.717) is 13.2 Å². The number of ether oxygens (including phenoxy) is 1. The molecule has 1 aromatic carbocycles. The van der Waals surface area contributed by atoms with E-state index in [1.165, 1.54) is 0 Å². The number of hydrogen-bond acceptors (Lipinski definition) is 2. The number of carbonyl (C=O) groups is 1. The summed E-state index contributed by atoms with van der Waals surface area (Å²) >= 11 is 0. The molecule has 0 aliphatic carbocycles. The van der Waals surface area contributed by atoms with Gasteiger partial charge in [0, 0.05) is 25.0 Å². The van der Waals surface area contributed by atoms with Gasteiger partial charge in [-0.2, -0.15) is 0 Å². The molecule has 118 valence electrons. The number of carbonyl (C=O) groups excluding carboxylic acids is 1. The van der Waals surface area contributed by atoms with E-state index in [0.717, 1.165) is 11.3 Å². The summed E-state index contributed by atoms with van der Waals surface area (Å²) in [5.74, 6) is 0.0205. The van der Waals surface area contributed by atoms with E-state index >= 15 is 0 Å². The predicted octanol–water partition coefficient (Wildman–Crippen LogP) is 2.98. The maximum absolute atomic E-state index is 12.4. The van der Waals surface area contributed by atoms with Gasteiger partial charge < -0.3 is 14.2 Å². The molecule has 0 atom stereocenters. The Balaban J connectivity index is 1.88. The Morgan fingerprint density at radius 3 is 2.50 bits per heavy atom. The quantitative estimate of drug-likeness (QED) is 0.788. The van der Waals surface area contributed by atoms with Gasteiger partial charge >= 0.3 is 0 Å². The first kappa shape index (κ1) is 16.3. The molecule has 4 heteroatoms. The third-order valence-corrected chi connectivity index (χ3v) is 3.66. The molecule has 1 amide bonds. The van der Waals surface area contributed by atoms with Crippen LogP contribution in [0.5, 0.6) is 0 Å². The summed E-state index contributed by atoms with van der Waals surface area (Å²) in [6, 6.07) is 14.1. The van der Waals surface area contributed by atoms with Crippen molar-refractivity contribution in [3.05, 3.63) is 59.9 Å². The number of nitrogens with zero attached hydrogens (tertiary/aromatic N) is 2. The van der Waals surface area contributed by atoms with E-state index < -0.39 is 0 Å². The summed E-state index contributed by atoms with van der Waals surface area (Å²) in [4.78, 5) is 14.3. The first-order valence-corrected chi connectivity index (χ1v) is 7.59. The highest BCUT2D eigenvalue weighted by molar-refractivity contribution is 5.77. The van der Waals surface area contributed by atoms with Gasteiger partial charge in [-0.15, -0.1) is 0 Å². The van der Waals surface area contributed by atoms with E-state index in [4.69, 9.17) is 4.74 Å². The normalized spacial score (nSPS) is 10.9. The van der Waals surface area contributed by atoms with Crippen LogP contribution in [0.4, 0.5) is 0 Å². The molecule has 0 aliphatic heterocycles. The Hall–Kier alpha value is -2.07. The largest absolute Gasteiger partial charge is 0.367 e. The summed E-state index contributed by atoms with van der Waals surface area (Å²) in [5, 5.41) is 0. The van der Waals surface area contributed by atoms with Crippen LogP contribution in [0.2, 0.25) is 0 Å². The summed E-state index contributed by atoms with van der Waals surface area (Å²) in [6.45, 7) is 5.23. The Labute approximate surface area is 132 Å². The van der Waals surface area contributed by atoms with Crippen molar-refractivity contribution < 1.29 is 9.53 Å². The summed E-state index contributed by atoms with van der Waals surface area (Å²) in [5.41, 5.74) is 2.19. The van der Waals surface area contributed by atoms with Crippen molar-refractivity contribution in [3.63, 3.8) is 0 Å². The van der Waals surface area contributed by atoms with Gasteiger partial charge in [0.1, 0.15) is 6.61 Å². The van der Waals surface area contributed by atoms with Gasteiger partial charge in [-0.3, -0.25) is 4.79 Å². The maximum Gasteiger partial charge on any atom is 0.249 e. The van der Waals surface area contributed by atoms with Gasteiger partial charge in [0.15, 0.2) is 0 Å². The van der Waals surface area contributed by atoms with Crippen LogP contribution in [0.25, 0.3) is 0 Å². The fourth-order valence-corrected chi connectivity index (χ4v) is 2.31. The van der Waals surface area contributed by atoms with Gasteiger partial charge in [0.25, 0.3) is 0 Å². The van der Waals surface area contributed by atoms with Crippen molar-refractivity contribution in [2.75, 3.05) is 6.61 Å². The molecule has 0 aliphatic rings. The topological polar surface area (TPSA) is 34.5 Å². The highest BCUT2D eigenvalue weighted by Gasteiger charge is 2.18. The second-order valence-corrected chi connectivity index (χ2v) is 5.70.